The van der Waals surface area contributed by atoms with E-state index >= 15 is 0 Å². The van der Waals surface area contributed by atoms with Crippen molar-refractivity contribution in [1.29, 1.82) is 5.26 Å². The summed E-state index contributed by atoms with van der Waals surface area (Å²) in [6.45, 7) is 0. The van der Waals surface area contributed by atoms with Gasteiger partial charge in [0.2, 0.25) is 0 Å². The number of aliphatic carboxylic acids is 1. The fraction of sp³-hybridized carbons (Fsp3) is 0.167. The molecular formula is C12H11N5O2. The molecular weight excluding hydrogens is 246 g/mol. The molecule has 2 aromatic rings. The van der Waals surface area contributed by atoms with Crippen LogP contribution in [0.3, 0.4) is 0 Å². The van der Waals surface area contributed by atoms with Gasteiger partial charge in [-0.25, -0.2) is 4.79 Å². The highest BCUT2D eigenvalue weighted by molar-refractivity contribution is 5.79. The Labute approximate surface area is 109 Å². The number of nitriles is 1. The van der Waals surface area contributed by atoms with Crippen molar-refractivity contribution in [2.45, 2.75) is 6.04 Å². The van der Waals surface area contributed by atoms with Crippen LogP contribution in [-0.2, 0) is 11.8 Å². The first-order valence-electron chi connectivity index (χ1n) is 5.44. The van der Waals surface area contributed by atoms with Gasteiger partial charge >= 0.3 is 5.97 Å². The number of nitrogens with zero attached hydrogens (tertiary/aromatic N) is 4. The highest BCUT2D eigenvalue weighted by Gasteiger charge is 2.22. The summed E-state index contributed by atoms with van der Waals surface area (Å²) in [5.41, 5.74) is 1.22. The van der Waals surface area contributed by atoms with E-state index in [0.29, 0.717) is 16.8 Å². The monoisotopic (exact) mass is 257 g/mol. The number of carboxylic acid groups (broad SMARTS) is 1. The van der Waals surface area contributed by atoms with Gasteiger partial charge in [-0.2, -0.15) is 10.4 Å². The van der Waals surface area contributed by atoms with E-state index in [0.717, 1.165) is 0 Å². The highest BCUT2D eigenvalue weighted by atomic mass is 16.4. The molecule has 2 N–H and O–H groups in total. The number of carboxylic acids is 1. The van der Waals surface area contributed by atoms with Gasteiger partial charge in [-0.15, -0.1) is 0 Å². The number of hydrogen-bond donors (Lipinski definition) is 2. The molecule has 0 fully saturated rings. The van der Waals surface area contributed by atoms with Gasteiger partial charge in [-0.05, 0) is 6.07 Å². The molecule has 0 spiro atoms. The summed E-state index contributed by atoms with van der Waals surface area (Å²) < 4.78 is 1.52. The molecule has 1 atom stereocenters. The molecule has 1 unspecified atom stereocenters. The maximum atomic E-state index is 11.3. The van der Waals surface area contributed by atoms with Gasteiger partial charge in [0.05, 0.1) is 23.6 Å². The fourth-order valence-corrected chi connectivity index (χ4v) is 1.64. The Morgan fingerprint density at radius 2 is 2.37 bits per heavy atom. The highest BCUT2D eigenvalue weighted by Crippen LogP contribution is 2.21. The van der Waals surface area contributed by atoms with Crippen molar-refractivity contribution < 1.29 is 9.90 Å². The van der Waals surface area contributed by atoms with E-state index in [2.05, 4.69) is 15.4 Å². The average Bonchev–Trinajstić information content (AvgIpc) is 2.82. The van der Waals surface area contributed by atoms with Crippen molar-refractivity contribution in [2.75, 3.05) is 5.32 Å². The molecule has 7 nitrogen and oxygen atoms in total. The first-order chi connectivity index (χ1) is 9.11. The van der Waals surface area contributed by atoms with Crippen LogP contribution in [0.1, 0.15) is 17.2 Å². The molecule has 7 heteroatoms. The first-order valence-corrected chi connectivity index (χ1v) is 5.44. The molecule has 0 bridgehead atoms. The molecule has 0 radical (unpaired) electrons. The van der Waals surface area contributed by atoms with Crippen LogP contribution in [0.2, 0.25) is 0 Å². The summed E-state index contributed by atoms with van der Waals surface area (Å²) in [6, 6.07) is 2.52. The first kappa shape index (κ1) is 12.6. The topological polar surface area (TPSA) is 104 Å². The van der Waals surface area contributed by atoms with Crippen LogP contribution in [-0.4, -0.2) is 25.8 Å². The molecule has 96 valence electrons. The molecule has 2 aromatic heterocycles. The number of aryl methyl sites for hydroxylation is 1. The van der Waals surface area contributed by atoms with Gasteiger partial charge in [0.15, 0.2) is 6.04 Å². The lowest BCUT2D eigenvalue weighted by Crippen LogP contribution is -2.20. The van der Waals surface area contributed by atoms with Crippen molar-refractivity contribution in [3.05, 3.63) is 42.0 Å². The summed E-state index contributed by atoms with van der Waals surface area (Å²) in [5, 5.41) is 24.9. The second-order valence-electron chi connectivity index (χ2n) is 3.90. The van der Waals surface area contributed by atoms with E-state index in [9.17, 15) is 9.90 Å². The zero-order chi connectivity index (χ0) is 13.8. The quantitative estimate of drug-likeness (QED) is 0.844. The molecule has 2 rings (SSSR count). The maximum absolute atomic E-state index is 11.3. The maximum Gasteiger partial charge on any atom is 0.330 e. The van der Waals surface area contributed by atoms with Gasteiger partial charge in [-0.1, -0.05) is 0 Å². The van der Waals surface area contributed by atoms with E-state index in [4.69, 9.17) is 5.26 Å². The molecule has 0 aliphatic carbocycles. The zero-order valence-electron chi connectivity index (χ0n) is 10.1. The van der Waals surface area contributed by atoms with E-state index in [1.807, 2.05) is 6.07 Å². The van der Waals surface area contributed by atoms with Gasteiger partial charge in [0.1, 0.15) is 6.07 Å². The molecule has 2 heterocycles. The van der Waals surface area contributed by atoms with Crippen LogP contribution in [0.25, 0.3) is 0 Å². The average molecular weight is 257 g/mol. The molecule has 0 aromatic carbocycles. The van der Waals surface area contributed by atoms with Crippen molar-refractivity contribution in [1.82, 2.24) is 14.8 Å². The molecule has 0 amide bonds. The molecule has 19 heavy (non-hydrogen) atoms. The van der Waals surface area contributed by atoms with Crippen molar-refractivity contribution in [2.24, 2.45) is 7.05 Å². The summed E-state index contributed by atoms with van der Waals surface area (Å²) in [5.74, 6) is -1.05. The van der Waals surface area contributed by atoms with Crippen LogP contribution < -0.4 is 5.32 Å². The standard InChI is InChI=1S/C12H11N5O2/c1-17-7-9(5-15-17)11(12(18)19)16-10-6-14-3-2-8(10)4-13/h2-3,5-7,11,16H,1H3,(H,18,19). The molecule has 0 aliphatic rings. The number of nitrogens with one attached hydrogen (secondary N) is 1. The van der Waals surface area contributed by atoms with E-state index in [1.165, 1.54) is 29.3 Å². The minimum absolute atomic E-state index is 0.338. The summed E-state index contributed by atoms with van der Waals surface area (Å²) in [6.07, 6.45) is 5.97. The number of carbonyl (C=O) groups is 1. The van der Waals surface area contributed by atoms with E-state index in [-0.39, 0.29) is 0 Å². The predicted molar refractivity (Wildman–Crippen MR) is 66.2 cm³/mol. The molecule has 0 saturated carbocycles. The second-order valence-corrected chi connectivity index (χ2v) is 3.90. The Morgan fingerprint density at radius 1 is 1.58 bits per heavy atom. The number of aromatic nitrogens is 3. The Balaban J connectivity index is 2.32. The smallest absolute Gasteiger partial charge is 0.330 e. The van der Waals surface area contributed by atoms with Crippen molar-refractivity contribution in [3.63, 3.8) is 0 Å². The number of pyridine rings is 1. The number of rotatable bonds is 4. The summed E-state index contributed by atoms with van der Waals surface area (Å²) in [7, 11) is 1.70. The fourth-order valence-electron chi connectivity index (χ4n) is 1.64. The number of anilines is 1. The van der Waals surface area contributed by atoms with Crippen LogP contribution in [0, 0.1) is 11.3 Å². The molecule has 0 saturated heterocycles. The third-order valence-electron chi connectivity index (χ3n) is 2.55. The second kappa shape index (κ2) is 5.18. The Morgan fingerprint density at radius 3 is 2.95 bits per heavy atom. The zero-order valence-corrected chi connectivity index (χ0v) is 10.1. The van der Waals surface area contributed by atoms with E-state index < -0.39 is 12.0 Å². The lowest BCUT2D eigenvalue weighted by Gasteiger charge is -2.14. The minimum Gasteiger partial charge on any atom is -0.479 e. The summed E-state index contributed by atoms with van der Waals surface area (Å²) >= 11 is 0. The van der Waals surface area contributed by atoms with E-state index in [1.54, 1.807) is 13.2 Å². The van der Waals surface area contributed by atoms with Crippen molar-refractivity contribution in [3.8, 4) is 6.07 Å². The largest absolute Gasteiger partial charge is 0.479 e. The predicted octanol–water partition coefficient (Wildman–Crippen LogP) is 0.925. The minimum atomic E-state index is -1.05. The Bertz CT molecular complexity index is 644. The van der Waals surface area contributed by atoms with Gasteiger partial charge in [0, 0.05) is 25.0 Å². The van der Waals surface area contributed by atoms with Gasteiger partial charge in [0.25, 0.3) is 0 Å². The Hall–Kier alpha value is -2.88. The third kappa shape index (κ3) is 2.69. The van der Waals surface area contributed by atoms with Crippen LogP contribution in [0.5, 0.6) is 0 Å². The SMILES string of the molecule is Cn1cc(C(Nc2cnccc2C#N)C(=O)O)cn1. The lowest BCUT2D eigenvalue weighted by atomic mass is 10.1. The van der Waals surface area contributed by atoms with Gasteiger partial charge < -0.3 is 10.4 Å². The molecule has 0 aliphatic heterocycles. The van der Waals surface area contributed by atoms with Crippen LogP contribution in [0.15, 0.2) is 30.9 Å². The van der Waals surface area contributed by atoms with Crippen LogP contribution >= 0.6 is 0 Å². The Kier molecular flexibility index (Phi) is 3.43. The number of hydrogen-bond acceptors (Lipinski definition) is 5. The lowest BCUT2D eigenvalue weighted by molar-refractivity contribution is -0.138. The third-order valence-corrected chi connectivity index (χ3v) is 2.55. The van der Waals surface area contributed by atoms with Crippen LogP contribution in [0.4, 0.5) is 5.69 Å². The van der Waals surface area contributed by atoms with Crippen molar-refractivity contribution >= 4 is 11.7 Å². The summed E-state index contributed by atoms with van der Waals surface area (Å²) in [4.78, 5) is 15.2. The normalized spacial score (nSPS) is 11.6. The van der Waals surface area contributed by atoms with Gasteiger partial charge in [-0.3, -0.25) is 9.67 Å².